The van der Waals surface area contributed by atoms with Crippen LogP contribution in [0, 0.1) is 11.8 Å². The molecule has 0 rings (SSSR count). The van der Waals surface area contributed by atoms with E-state index >= 15 is 0 Å². The first kappa shape index (κ1) is 67.7. The highest BCUT2D eigenvalue weighted by Gasteiger charge is 2.59. The fourth-order valence-corrected chi connectivity index (χ4v) is 8.08. The molecule has 62 heavy (non-hydrogen) atoms. The Hall–Kier alpha value is -0.860. The van der Waals surface area contributed by atoms with Crippen LogP contribution in [0.15, 0.2) is 0 Å². The molecule has 0 heterocycles. The summed E-state index contributed by atoms with van der Waals surface area (Å²) < 4.78 is 284. The van der Waals surface area contributed by atoms with Crippen molar-refractivity contribution in [1.82, 2.24) is 4.90 Å². The maximum atomic E-state index is 14.0. The summed E-state index contributed by atoms with van der Waals surface area (Å²) in [6.45, 7) is 0.882. The average Bonchev–Trinajstić information content (AvgIpc) is 3.01. The zero-order valence-corrected chi connectivity index (χ0v) is 38.5. The lowest BCUT2D eigenvalue weighted by atomic mass is 9.87. The van der Waals surface area contributed by atoms with Crippen LogP contribution in [0.2, 0.25) is 0 Å². The molecule has 0 aliphatic carbocycles. The van der Waals surface area contributed by atoms with Gasteiger partial charge in [0, 0.05) is 44.9 Å². The van der Waals surface area contributed by atoms with Gasteiger partial charge in [0.15, 0.2) is 19.7 Å². The first-order valence-electron chi connectivity index (χ1n) is 18.3. The summed E-state index contributed by atoms with van der Waals surface area (Å²) in [7, 11) is 1.13. The molecule has 6 nitrogen and oxygen atoms in total. The molecule has 0 aliphatic heterocycles. The number of sulfone groups is 2. The van der Waals surface area contributed by atoms with Crippen LogP contribution in [0.1, 0.15) is 78.1 Å². The summed E-state index contributed by atoms with van der Waals surface area (Å²) in [5.74, 6) is -18.1. The third-order valence-electron chi connectivity index (χ3n) is 8.86. The second-order valence-electron chi connectivity index (χ2n) is 16.4. The Balaban J connectivity index is -0.000000514. The molecule has 0 saturated carbocycles. The van der Waals surface area contributed by atoms with Crippen LogP contribution in [0.4, 0.5) is 79.0 Å². The summed E-state index contributed by atoms with van der Waals surface area (Å²) in [6.07, 6.45) is -31.2. The van der Waals surface area contributed by atoms with Crippen LogP contribution in [-0.2, 0) is 19.7 Å². The molecule has 0 amide bonds. The lowest BCUT2D eigenvalue weighted by Gasteiger charge is -2.31. The number of hydrogen-bond acceptors (Lipinski definition) is 5. The van der Waals surface area contributed by atoms with E-state index in [-0.39, 0.29) is 39.1 Å². The van der Waals surface area contributed by atoms with E-state index in [9.17, 15) is 95.9 Å². The zero-order valence-electron chi connectivity index (χ0n) is 35.4. The third kappa shape index (κ3) is 31.1. The van der Waals surface area contributed by atoms with Crippen molar-refractivity contribution in [1.29, 1.82) is 0 Å². The summed E-state index contributed by atoms with van der Waals surface area (Å²) in [6, 6.07) is 0. The Morgan fingerprint density at radius 1 is 0.500 bits per heavy atom. The van der Waals surface area contributed by atoms with Crippen molar-refractivity contribution in [3.8, 4) is 0 Å². The van der Waals surface area contributed by atoms with E-state index < -0.39 is 141 Å². The van der Waals surface area contributed by atoms with E-state index in [0.29, 0.717) is 30.4 Å². The highest BCUT2D eigenvalue weighted by molar-refractivity contribution is 7.91. The van der Waals surface area contributed by atoms with Crippen LogP contribution < -0.4 is 12.4 Å². The van der Waals surface area contributed by atoms with Crippen molar-refractivity contribution in [2.75, 3.05) is 77.7 Å². The van der Waals surface area contributed by atoms with Crippen molar-refractivity contribution in [3.63, 3.8) is 0 Å². The van der Waals surface area contributed by atoms with E-state index in [0.717, 1.165) is 0 Å². The second-order valence-corrected chi connectivity index (χ2v) is 21.0. The Labute approximate surface area is 363 Å². The molecule has 0 N–H and O–H groups in total. The van der Waals surface area contributed by atoms with Crippen molar-refractivity contribution >= 4 is 31.3 Å². The van der Waals surface area contributed by atoms with Crippen molar-refractivity contribution < 1.29 is 113 Å². The van der Waals surface area contributed by atoms with Gasteiger partial charge in [-0.3, -0.25) is 0 Å². The Morgan fingerprint density at radius 2 is 0.790 bits per heavy atom. The minimum Gasteiger partial charge on any atom is -1.00 e. The predicted molar refractivity (Wildman–Crippen MR) is 197 cm³/mol. The monoisotopic (exact) mass is 1030 g/mol. The van der Waals surface area contributed by atoms with Gasteiger partial charge >= 0.3 is 24.7 Å². The SMILES string of the molecule is CC(F)(CC(CC(F)(F)CCS(=O)(=O)CCCC[N+](C)(C)C)C(F)(F)F)C(F)(F)F.CCl.CN(C)CCCCS(=O)(=O)CCC(F)(F)CC(CC(C)(F)C(F)(F)F)C(F)(F)F.[Cl-]. The number of quaternary nitrogens is 1. The van der Waals surface area contributed by atoms with Crippen molar-refractivity contribution in [2.45, 2.75) is 126 Å². The summed E-state index contributed by atoms with van der Waals surface area (Å²) >= 11 is 4.64. The number of nitrogens with zero attached hydrogens (tertiary/aromatic N) is 2. The highest BCUT2D eigenvalue weighted by Crippen LogP contribution is 2.48. The normalized spacial score (nSPS) is 16.8. The molecule has 0 fully saturated rings. The first-order chi connectivity index (χ1) is 26.7. The van der Waals surface area contributed by atoms with E-state index in [1.54, 1.807) is 19.0 Å². The fourth-order valence-electron chi connectivity index (χ4n) is 5.16. The lowest BCUT2D eigenvalue weighted by Crippen LogP contribution is -3.00. The summed E-state index contributed by atoms with van der Waals surface area (Å²) in [4.78, 5) is 1.78. The minimum absolute atomic E-state index is 0. The third-order valence-corrected chi connectivity index (χ3v) is 12.3. The molecule has 0 bridgehead atoms. The number of rotatable bonds is 24. The van der Waals surface area contributed by atoms with E-state index in [1.807, 2.05) is 21.1 Å². The Morgan fingerprint density at radius 3 is 1.03 bits per heavy atom. The molecule has 4 atom stereocenters. The average molecular weight is 1040 g/mol. The standard InChI is InChI=1S/C17H29F9NO2S.C16H26F9NO2S.CH3Cl.ClH/c1-14(18,17(24,25)26)11-13(16(21,22)23)12-15(19,20)7-10-30(28,29)9-6-5-8-27(2,3)4;1-13(17,16(23,24)25)10-12(15(20,21)22)11-14(18,19)6-9-29(27,28)8-5-4-7-26(2)3;1-2;/h13H,5-12H2,1-4H3;12H,4-11H2,1-3H3;1H3;1H/q+1;;;/p-1. The van der Waals surface area contributed by atoms with Gasteiger partial charge < -0.3 is 21.8 Å². The largest absolute Gasteiger partial charge is 1.00 e. The van der Waals surface area contributed by atoms with Gasteiger partial charge in [-0.25, -0.2) is 43.2 Å². The molecular formula is C34H58Cl2F18N2O4S2. The quantitative estimate of drug-likeness (QED) is 0.0424. The van der Waals surface area contributed by atoms with Crippen LogP contribution >= 0.6 is 11.6 Å². The highest BCUT2D eigenvalue weighted by atomic mass is 35.5. The van der Waals surface area contributed by atoms with Crippen LogP contribution in [0.5, 0.6) is 0 Å². The molecule has 0 spiro atoms. The van der Waals surface area contributed by atoms with E-state index in [4.69, 9.17) is 0 Å². The number of alkyl halides is 19. The molecule has 0 aromatic carbocycles. The Bertz CT molecular complexity index is 1470. The molecule has 380 valence electrons. The minimum atomic E-state index is -5.67. The summed E-state index contributed by atoms with van der Waals surface area (Å²) in [5.41, 5.74) is -8.64. The van der Waals surface area contributed by atoms with Gasteiger partial charge in [-0.1, -0.05) is 0 Å². The van der Waals surface area contributed by atoms with Crippen LogP contribution in [0.3, 0.4) is 0 Å². The van der Waals surface area contributed by atoms with Gasteiger partial charge in [0.05, 0.1) is 62.5 Å². The van der Waals surface area contributed by atoms with Gasteiger partial charge in [-0.15, -0.1) is 11.6 Å². The molecule has 0 aromatic heterocycles. The number of unbranched alkanes of at least 4 members (excludes halogenated alkanes) is 2. The van der Waals surface area contributed by atoms with Gasteiger partial charge in [-0.2, -0.15) is 52.7 Å². The smallest absolute Gasteiger partial charge is 0.422 e. The topological polar surface area (TPSA) is 71.5 Å². The molecule has 0 aliphatic rings. The predicted octanol–water partition coefficient (Wildman–Crippen LogP) is 8.04. The van der Waals surface area contributed by atoms with Gasteiger partial charge in [0.25, 0.3) is 0 Å². The van der Waals surface area contributed by atoms with E-state index in [1.165, 1.54) is 6.38 Å². The van der Waals surface area contributed by atoms with Gasteiger partial charge in [0.1, 0.15) is 0 Å². The molecule has 0 radical (unpaired) electrons. The zero-order chi connectivity index (χ0) is 49.5. The number of hydrogen-bond donors (Lipinski definition) is 0. The summed E-state index contributed by atoms with van der Waals surface area (Å²) in [5, 5.41) is 0. The fraction of sp³-hybridized carbons (Fsp3) is 1.00. The second kappa shape index (κ2) is 25.9. The van der Waals surface area contributed by atoms with Crippen LogP contribution in [0.25, 0.3) is 0 Å². The lowest BCUT2D eigenvalue weighted by molar-refractivity contribution is -0.870. The molecule has 4 unspecified atom stereocenters. The number of halogens is 20. The molecule has 28 heteroatoms. The van der Waals surface area contributed by atoms with Gasteiger partial charge in [-0.05, 0) is 60.2 Å². The molecule has 0 saturated heterocycles. The first-order valence-corrected chi connectivity index (χ1v) is 22.7. The maximum Gasteiger partial charge on any atom is 0.422 e. The van der Waals surface area contributed by atoms with E-state index in [2.05, 4.69) is 11.6 Å². The van der Waals surface area contributed by atoms with Crippen molar-refractivity contribution in [3.05, 3.63) is 0 Å². The van der Waals surface area contributed by atoms with Crippen molar-refractivity contribution in [2.24, 2.45) is 11.8 Å². The Kier molecular flexibility index (Phi) is 28.3. The van der Waals surface area contributed by atoms with Gasteiger partial charge in [0.2, 0.25) is 23.2 Å². The van der Waals surface area contributed by atoms with Crippen LogP contribution in [-0.4, -0.2) is 152 Å². The maximum absolute atomic E-state index is 14.0. The molecular weight excluding hydrogens is 977 g/mol. The molecule has 0 aromatic rings.